The molecular formula is C15H21NO. The zero-order valence-electron chi connectivity index (χ0n) is 11.3. The lowest BCUT2D eigenvalue weighted by Crippen LogP contribution is -2.31. The van der Waals surface area contributed by atoms with Crippen molar-refractivity contribution in [2.75, 3.05) is 5.32 Å². The molecule has 1 heterocycles. The molecule has 0 unspecified atom stereocenters. The molecule has 0 spiro atoms. The molecule has 1 aliphatic rings. The number of benzene rings is 1. The third-order valence-electron chi connectivity index (χ3n) is 2.82. The summed E-state index contributed by atoms with van der Waals surface area (Å²) in [6.07, 6.45) is 2.47. The number of anilines is 1. The van der Waals surface area contributed by atoms with Gasteiger partial charge < -0.3 is 10.1 Å². The average Bonchev–Trinajstić information content (AvgIpc) is 2.16. The minimum atomic E-state index is 0.0253. The van der Waals surface area contributed by atoms with Gasteiger partial charge in [-0.15, -0.1) is 0 Å². The second-order valence-electron chi connectivity index (χ2n) is 5.55. The highest BCUT2D eigenvalue weighted by atomic mass is 16.5. The highest BCUT2D eigenvalue weighted by Crippen LogP contribution is 2.35. The van der Waals surface area contributed by atoms with Crippen molar-refractivity contribution in [2.24, 2.45) is 0 Å². The van der Waals surface area contributed by atoms with Crippen LogP contribution in [0.15, 0.2) is 24.3 Å². The van der Waals surface area contributed by atoms with Crippen molar-refractivity contribution >= 4 is 11.3 Å². The first-order valence-electron chi connectivity index (χ1n) is 6.16. The van der Waals surface area contributed by atoms with Gasteiger partial charge in [0.1, 0.15) is 5.75 Å². The van der Waals surface area contributed by atoms with Gasteiger partial charge >= 0.3 is 0 Å². The summed E-state index contributed by atoms with van der Waals surface area (Å²) in [5.41, 5.74) is 3.75. The van der Waals surface area contributed by atoms with Crippen LogP contribution in [0, 0.1) is 0 Å². The fourth-order valence-corrected chi connectivity index (χ4v) is 2.31. The highest BCUT2D eigenvalue weighted by Gasteiger charge is 2.22. The fourth-order valence-electron chi connectivity index (χ4n) is 2.31. The lowest BCUT2D eigenvalue weighted by molar-refractivity contribution is 0.242. The molecule has 0 radical (unpaired) electrons. The summed E-state index contributed by atoms with van der Waals surface area (Å²) in [5, 5.41) is 3.52. The molecule has 1 aromatic carbocycles. The predicted octanol–water partition coefficient (Wildman–Crippen LogP) is 4.08. The summed E-state index contributed by atoms with van der Waals surface area (Å²) in [4.78, 5) is 0. The van der Waals surface area contributed by atoms with Gasteiger partial charge in [-0.05, 0) is 58.4 Å². The monoisotopic (exact) mass is 231 g/mol. The first kappa shape index (κ1) is 12.0. The van der Waals surface area contributed by atoms with Gasteiger partial charge in [-0.1, -0.05) is 6.08 Å². The van der Waals surface area contributed by atoms with E-state index in [1.807, 2.05) is 19.9 Å². The highest BCUT2D eigenvalue weighted by molar-refractivity contribution is 5.80. The van der Waals surface area contributed by atoms with E-state index >= 15 is 0 Å². The van der Waals surface area contributed by atoms with E-state index in [4.69, 9.17) is 4.74 Å². The third kappa shape index (κ3) is 2.63. The molecule has 0 aromatic heterocycles. The topological polar surface area (TPSA) is 21.3 Å². The number of rotatable bonds is 2. The van der Waals surface area contributed by atoms with E-state index in [1.54, 1.807) is 0 Å². The molecule has 0 fully saturated rings. The summed E-state index contributed by atoms with van der Waals surface area (Å²) < 4.78 is 5.73. The minimum Gasteiger partial charge on any atom is -0.491 e. The summed E-state index contributed by atoms with van der Waals surface area (Å²) in [5.74, 6) is 0.938. The molecule has 0 amide bonds. The summed E-state index contributed by atoms with van der Waals surface area (Å²) in [6, 6.07) is 6.25. The zero-order valence-corrected chi connectivity index (χ0v) is 11.3. The van der Waals surface area contributed by atoms with Crippen molar-refractivity contribution in [1.29, 1.82) is 0 Å². The van der Waals surface area contributed by atoms with Crippen LogP contribution in [0.25, 0.3) is 5.57 Å². The van der Waals surface area contributed by atoms with Crippen molar-refractivity contribution in [3.63, 3.8) is 0 Å². The van der Waals surface area contributed by atoms with Gasteiger partial charge in [0.15, 0.2) is 0 Å². The standard InChI is InChI=1S/C15H21NO/c1-10(2)17-12-6-7-14-13(8-12)11(3)9-15(4,5)16-14/h6-10,16H,1-5H3. The first-order chi connectivity index (χ1) is 7.87. The molecule has 2 rings (SSSR count). The van der Waals surface area contributed by atoms with E-state index in [0.29, 0.717) is 0 Å². The molecule has 0 aliphatic carbocycles. The molecule has 2 nitrogen and oxygen atoms in total. The smallest absolute Gasteiger partial charge is 0.120 e. The molecule has 17 heavy (non-hydrogen) atoms. The van der Waals surface area contributed by atoms with Crippen molar-refractivity contribution in [3.05, 3.63) is 29.8 Å². The Morgan fingerprint density at radius 1 is 1.24 bits per heavy atom. The van der Waals surface area contributed by atoms with Crippen LogP contribution in [-0.2, 0) is 0 Å². The van der Waals surface area contributed by atoms with Gasteiger partial charge in [0.05, 0.1) is 11.6 Å². The number of hydrogen-bond donors (Lipinski definition) is 1. The number of fused-ring (bicyclic) bond motifs is 1. The Bertz CT molecular complexity index is 458. The van der Waals surface area contributed by atoms with E-state index < -0.39 is 0 Å². The Kier molecular flexibility index (Phi) is 2.90. The van der Waals surface area contributed by atoms with Gasteiger partial charge in [0, 0.05) is 11.3 Å². The summed E-state index contributed by atoms with van der Waals surface area (Å²) >= 11 is 0. The molecule has 0 saturated heterocycles. The Morgan fingerprint density at radius 3 is 2.59 bits per heavy atom. The van der Waals surface area contributed by atoms with Gasteiger partial charge in [-0.25, -0.2) is 0 Å². The molecule has 0 bridgehead atoms. The number of hydrogen-bond acceptors (Lipinski definition) is 2. The van der Waals surface area contributed by atoms with Crippen LogP contribution in [0.1, 0.15) is 40.2 Å². The van der Waals surface area contributed by atoms with Crippen LogP contribution in [0.2, 0.25) is 0 Å². The average molecular weight is 231 g/mol. The van der Waals surface area contributed by atoms with Crippen LogP contribution in [-0.4, -0.2) is 11.6 Å². The molecule has 1 aromatic rings. The maximum Gasteiger partial charge on any atom is 0.120 e. The summed E-state index contributed by atoms with van der Waals surface area (Å²) in [6.45, 7) is 10.6. The van der Waals surface area contributed by atoms with E-state index in [0.717, 1.165) is 5.75 Å². The van der Waals surface area contributed by atoms with Crippen LogP contribution in [0.5, 0.6) is 5.75 Å². The quantitative estimate of drug-likeness (QED) is 0.828. The van der Waals surface area contributed by atoms with E-state index in [1.165, 1.54) is 16.8 Å². The van der Waals surface area contributed by atoms with Crippen molar-refractivity contribution in [3.8, 4) is 5.75 Å². The van der Waals surface area contributed by atoms with E-state index in [-0.39, 0.29) is 11.6 Å². The Morgan fingerprint density at radius 2 is 1.94 bits per heavy atom. The van der Waals surface area contributed by atoms with Crippen LogP contribution < -0.4 is 10.1 Å². The Labute approximate surface area is 104 Å². The normalized spacial score (nSPS) is 17.2. The maximum atomic E-state index is 5.73. The zero-order chi connectivity index (χ0) is 12.6. The Balaban J connectivity index is 2.37. The fraction of sp³-hybridized carbons (Fsp3) is 0.467. The van der Waals surface area contributed by atoms with Crippen LogP contribution in [0.3, 0.4) is 0 Å². The molecule has 1 N–H and O–H groups in total. The molecule has 0 atom stereocenters. The predicted molar refractivity (Wildman–Crippen MR) is 73.6 cm³/mol. The summed E-state index contributed by atoms with van der Waals surface area (Å²) in [7, 11) is 0. The molecule has 2 heteroatoms. The van der Waals surface area contributed by atoms with E-state index in [2.05, 4.69) is 44.3 Å². The largest absolute Gasteiger partial charge is 0.491 e. The van der Waals surface area contributed by atoms with Gasteiger partial charge in [0.2, 0.25) is 0 Å². The molecular weight excluding hydrogens is 210 g/mol. The van der Waals surface area contributed by atoms with Crippen molar-refractivity contribution in [1.82, 2.24) is 0 Å². The second kappa shape index (κ2) is 4.10. The lowest BCUT2D eigenvalue weighted by Gasteiger charge is -2.31. The van der Waals surface area contributed by atoms with Crippen molar-refractivity contribution < 1.29 is 4.74 Å². The number of nitrogens with one attached hydrogen (secondary N) is 1. The van der Waals surface area contributed by atoms with Gasteiger partial charge in [-0.3, -0.25) is 0 Å². The lowest BCUT2D eigenvalue weighted by atomic mass is 9.91. The third-order valence-corrected chi connectivity index (χ3v) is 2.82. The van der Waals surface area contributed by atoms with E-state index in [9.17, 15) is 0 Å². The second-order valence-corrected chi connectivity index (χ2v) is 5.55. The maximum absolute atomic E-state index is 5.73. The van der Waals surface area contributed by atoms with Gasteiger partial charge in [0.25, 0.3) is 0 Å². The minimum absolute atomic E-state index is 0.0253. The molecule has 0 saturated carbocycles. The van der Waals surface area contributed by atoms with Crippen molar-refractivity contribution in [2.45, 2.75) is 46.3 Å². The SMILES string of the molecule is CC1=CC(C)(C)Nc2ccc(OC(C)C)cc21. The van der Waals surface area contributed by atoms with Gasteiger partial charge in [-0.2, -0.15) is 0 Å². The Hall–Kier alpha value is -1.44. The molecule has 92 valence electrons. The number of allylic oxidation sites excluding steroid dienone is 1. The molecule has 1 aliphatic heterocycles. The first-order valence-corrected chi connectivity index (χ1v) is 6.16. The van der Waals surface area contributed by atoms with Crippen LogP contribution >= 0.6 is 0 Å². The number of ether oxygens (including phenoxy) is 1. The van der Waals surface area contributed by atoms with Crippen LogP contribution in [0.4, 0.5) is 5.69 Å².